The molecule has 1 saturated heterocycles. The number of carbonyl (C=O) groups is 1. The number of rotatable bonds is 6. The first-order valence-electron chi connectivity index (χ1n) is 7.57. The van der Waals surface area contributed by atoms with E-state index in [-0.39, 0.29) is 12.0 Å². The third kappa shape index (κ3) is 3.93. The van der Waals surface area contributed by atoms with Crippen molar-refractivity contribution in [1.29, 1.82) is 10.5 Å². The lowest BCUT2D eigenvalue weighted by molar-refractivity contribution is -0.132. The van der Waals surface area contributed by atoms with Gasteiger partial charge in [-0.15, -0.1) is 0 Å². The number of nitrogens with zero attached hydrogens (tertiary/aromatic N) is 4. The number of fused-ring (bicyclic) bond motifs is 1. The zero-order valence-electron chi connectivity index (χ0n) is 12.2. The van der Waals surface area contributed by atoms with Gasteiger partial charge in [-0.25, -0.2) is 0 Å². The monoisotopic (exact) mass is 290 g/mol. The van der Waals surface area contributed by atoms with Crippen molar-refractivity contribution < 1.29 is 9.90 Å². The van der Waals surface area contributed by atoms with E-state index in [0.29, 0.717) is 44.3 Å². The summed E-state index contributed by atoms with van der Waals surface area (Å²) in [6.07, 6.45) is 2.29. The average molecular weight is 290 g/mol. The molecule has 1 heterocycles. The molecule has 1 amide bonds. The molecule has 6 nitrogen and oxygen atoms in total. The van der Waals surface area contributed by atoms with Gasteiger partial charge in [-0.3, -0.25) is 9.69 Å². The summed E-state index contributed by atoms with van der Waals surface area (Å²) in [5, 5.41) is 27.2. The lowest BCUT2D eigenvalue weighted by Gasteiger charge is -2.24. The van der Waals surface area contributed by atoms with Gasteiger partial charge in [-0.05, 0) is 18.8 Å². The first-order chi connectivity index (χ1) is 10.2. The highest BCUT2D eigenvalue weighted by molar-refractivity contribution is 5.78. The number of hydrogen-bond donors (Lipinski definition) is 1. The second-order valence-corrected chi connectivity index (χ2v) is 5.96. The highest BCUT2D eigenvalue weighted by Crippen LogP contribution is 2.37. The van der Waals surface area contributed by atoms with Crippen LogP contribution < -0.4 is 0 Å². The number of aliphatic hydroxyl groups is 1. The van der Waals surface area contributed by atoms with Crippen LogP contribution in [0.3, 0.4) is 0 Å². The van der Waals surface area contributed by atoms with Gasteiger partial charge >= 0.3 is 0 Å². The second-order valence-electron chi connectivity index (χ2n) is 5.96. The number of nitriles is 2. The Morgan fingerprint density at radius 1 is 1.19 bits per heavy atom. The first kappa shape index (κ1) is 15.8. The Morgan fingerprint density at radius 3 is 2.43 bits per heavy atom. The van der Waals surface area contributed by atoms with Crippen LogP contribution in [0.1, 0.15) is 25.7 Å². The van der Waals surface area contributed by atoms with Crippen molar-refractivity contribution in [1.82, 2.24) is 9.80 Å². The van der Waals surface area contributed by atoms with Crippen LogP contribution in [-0.2, 0) is 4.79 Å². The zero-order chi connectivity index (χ0) is 15.2. The minimum atomic E-state index is -0.219. The molecule has 6 heteroatoms. The van der Waals surface area contributed by atoms with Crippen molar-refractivity contribution in [2.24, 2.45) is 11.8 Å². The van der Waals surface area contributed by atoms with Gasteiger partial charge in [-0.2, -0.15) is 10.5 Å². The number of carbonyl (C=O) groups excluding carboxylic acids is 1. The highest BCUT2D eigenvalue weighted by Gasteiger charge is 2.42. The Bertz CT molecular complexity index is 436. The summed E-state index contributed by atoms with van der Waals surface area (Å²) in [7, 11) is 0. The van der Waals surface area contributed by atoms with Crippen molar-refractivity contribution >= 4 is 5.91 Å². The van der Waals surface area contributed by atoms with E-state index in [0.717, 1.165) is 25.9 Å². The van der Waals surface area contributed by atoms with E-state index < -0.39 is 0 Å². The molecule has 0 aromatic heterocycles. The fourth-order valence-electron chi connectivity index (χ4n) is 3.48. The van der Waals surface area contributed by atoms with Crippen LogP contribution in [0.2, 0.25) is 0 Å². The Morgan fingerprint density at radius 2 is 1.86 bits per heavy atom. The number of hydrogen-bond acceptors (Lipinski definition) is 5. The molecule has 2 aliphatic rings. The summed E-state index contributed by atoms with van der Waals surface area (Å²) < 4.78 is 0. The molecule has 3 atom stereocenters. The summed E-state index contributed by atoms with van der Waals surface area (Å²) in [4.78, 5) is 16.0. The van der Waals surface area contributed by atoms with Crippen molar-refractivity contribution in [3.8, 4) is 12.1 Å². The number of likely N-dealkylation sites (tertiary alicyclic amines) is 1. The van der Waals surface area contributed by atoms with Crippen molar-refractivity contribution in [3.63, 3.8) is 0 Å². The average Bonchev–Trinajstić information content (AvgIpc) is 3.01. The molecular weight excluding hydrogens is 268 g/mol. The quantitative estimate of drug-likeness (QED) is 0.762. The topological polar surface area (TPSA) is 91.4 Å². The Kier molecular flexibility index (Phi) is 5.55. The predicted molar refractivity (Wildman–Crippen MR) is 75.7 cm³/mol. The van der Waals surface area contributed by atoms with E-state index in [9.17, 15) is 9.90 Å². The third-order valence-corrected chi connectivity index (χ3v) is 4.59. The van der Waals surface area contributed by atoms with Gasteiger partial charge in [0.05, 0.1) is 37.6 Å². The molecule has 1 N–H and O–H groups in total. The summed E-state index contributed by atoms with van der Waals surface area (Å²) in [5.41, 5.74) is 0. The molecule has 1 saturated carbocycles. The van der Waals surface area contributed by atoms with Gasteiger partial charge in [0.15, 0.2) is 0 Å². The molecule has 0 spiro atoms. The maximum atomic E-state index is 12.3. The fraction of sp³-hybridized carbons (Fsp3) is 0.800. The van der Waals surface area contributed by atoms with E-state index >= 15 is 0 Å². The van der Waals surface area contributed by atoms with Crippen LogP contribution in [-0.4, -0.2) is 59.6 Å². The molecule has 2 fully saturated rings. The van der Waals surface area contributed by atoms with Crippen LogP contribution >= 0.6 is 0 Å². The van der Waals surface area contributed by atoms with Crippen molar-refractivity contribution in [2.45, 2.75) is 31.8 Å². The van der Waals surface area contributed by atoms with E-state index in [2.05, 4.69) is 4.90 Å². The van der Waals surface area contributed by atoms with Gasteiger partial charge in [-0.1, -0.05) is 0 Å². The van der Waals surface area contributed by atoms with Gasteiger partial charge in [0.25, 0.3) is 0 Å². The predicted octanol–water partition coefficient (Wildman–Crippen LogP) is 0.345. The Labute approximate surface area is 125 Å². The maximum absolute atomic E-state index is 12.3. The first-order valence-corrected chi connectivity index (χ1v) is 7.57. The molecule has 114 valence electrons. The van der Waals surface area contributed by atoms with E-state index in [1.165, 1.54) is 0 Å². The van der Waals surface area contributed by atoms with Crippen LogP contribution in [0.15, 0.2) is 0 Å². The summed E-state index contributed by atoms with van der Waals surface area (Å²) in [6, 6.07) is 4.08. The van der Waals surface area contributed by atoms with Gasteiger partial charge in [0.1, 0.15) is 0 Å². The highest BCUT2D eigenvalue weighted by atomic mass is 16.3. The standard InChI is InChI=1S/C15H22N4O2/c16-5-1-7-19(8-2-6-17)15(21)11-18-9-12-3-4-14(20)13(12)10-18/h12-14,20H,1-4,7-11H2. The summed E-state index contributed by atoms with van der Waals surface area (Å²) in [6.45, 7) is 2.76. The summed E-state index contributed by atoms with van der Waals surface area (Å²) >= 11 is 0. The zero-order valence-corrected chi connectivity index (χ0v) is 12.2. The largest absolute Gasteiger partial charge is 0.393 e. The van der Waals surface area contributed by atoms with Crippen molar-refractivity contribution in [3.05, 3.63) is 0 Å². The fourth-order valence-corrected chi connectivity index (χ4v) is 3.48. The van der Waals surface area contributed by atoms with Gasteiger partial charge < -0.3 is 10.0 Å². The van der Waals surface area contributed by atoms with Crippen LogP contribution in [0.25, 0.3) is 0 Å². The minimum Gasteiger partial charge on any atom is -0.393 e. The SMILES string of the molecule is N#CCCN(CCC#N)C(=O)CN1CC2CCC(O)C2C1. The lowest BCUT2D eigenvalue weighted by Crippen LogP contribution is -2.41. The third-order valence-electron chi connectivity index (χ3n) is 4.59. The molecule has 0 aromatic carbocycles. The molecular formula is C15H22N4O2. The number of aliphatic hydroxyl groups excluding tert-OH is 1. The van der Waals surface area contributed by atoms with E-state index in [4.69, 9.17) is 10.5 Å². The second kappa shape index (κ2) is 7.40. The summed E-state index contributed by atoms with van der Waals surface area (Å²) in [5.74, 6) is 0.805. The van der Waals surface area contributed by atoms with Gasteiger partial charge in [0, 0.05) is 32.1 Å². The molecule has 2 rings (SSSR count). The minimum absolute atomic E-state index is 0.0186. The maximum Gasteiger partial charge on any atom is 0.236 e. The van der Waals surface area contributed by atoms with Crippen LogP contribution in [0, 0.1) is 34.5 Å². The van der Waals surface area contributed by atoms with Gasteiger partial charge in [0.2, 0.25) is 5.91 Å². The molecule has 3 unspecified atom stereocenters. The molecule has 0 bridgehead atoms. The van der Waals surface area contributed by atoms with Crippen molar-refractivity contribution in [2.75, 3.05) is 32.7 Å². The Balaban J connectivity index is 1.84. The molecule has 0 aromatic rings. The molecule has 0 radical (unpaired) electrons. The van der Waals surface area contributed by atoms with E-state index in [1.54, 1.807) is 4.90 Å². The lowest BCUT2D eigenvalue weighted by atomic mass is 10.00. The molecule has 1 aliphatic carbocycles. The van der Waals surface area contributed by atoms with Crippen LogP contribution in [0.4, 0.5) is 0 Å². The Hall–Kier alpha value is -1.63. The molecule has 1 aliphatic heterocycles. The molecule has 21 heavy (non-hydrogen) atoms. The number of amides is 1. The van der Waals surface area contributed by atoms with E-state index in [1.807, 2.05) is 12.1 Å². The smallest absolute Gasteiger partial charge is 0.236 e. The van der Waals surface area contributed by atoms with Crippen LogP contribution in [0.5, 0.6) is 0 Å². The normalized spacial score (nSPS) is 27.9.